The average Bonchev–Trinajstić information content (AvgIpc) is 3.59. The molecule has 13 rings (SSSR count). The number of benzene rings is 8. The van der Waals surface area contributed by atoms with Gasteiger partial charge in [-0.3, -0.25) is 0 Å². The maximum atomic E-state index is 2.71. The Morgan fingerprint density at radius 2 is 0.703 bits per heavy atom. The van der Waals surface area contributed by atoms with Crippen molar-refractivity contribution in [3.8, 4) is 11.1 Å². The molecule has 2 heteroatoms. The van der Waals surface area contributed by atoms with Gasteiger partial charge in [0.1, 0.15) is 0 Å². The number of nitrogens with zero attached hydrogens (tertiary/aromatic N) is 2. The molecule has 0 saturated heterocycles. The Morgan fingerprint density at radius 3 is 1.06 bits per heavy atom. The molecule has 4 bridgehead atoms. The van der Waals surface area contributed by atoms with Crippen LogP contribution in [0, 0.1) is 23.7 Å². The zero-order valence-electron chi connectivity index (χ0n) is 38.4. The van der Waals surface area contributed by atoms with Crippen LogP contribution in [-0.4, -0.2) is 0 Å². The monoisotopic (exact) mass is 832 g/mol. The third-order valence-corrected chi connectivity index (χ3v) is 16.1. The molecular formula is C62H60N2. The van der Waals surface area contributed by atoms with E-state index in [1.165, 1.54) is 110 Å². The molecular weight excluding hydrogens is 773 g/mol. The summed E-state index contributed by atoms with van der Waals surface area (Å²) in [5, 5.41) is 5.33. The van der Waals surface area contributed by atoms with Gasteiger partial charge in [0.15, 0.2) is 0 Å². The summed E-state index contributed by atoms with van der Waals surface area (Å²) in [7, 11) is 0. The van der Waals surface area contributed by atoms with Crippen LogP contribution >= 0.6 is 0 Å². The second-order valence-corrected chi connectivity index (χ2v) is 21.8. The summed E-state index contributed by atoms with van der Waals surface area (Å²) in [5.74, 6) is 2.87. The lowest BCUT2D eigenvalue weighted by Crippen LogP contribution is -2.55. The van der Waals surface area contributed by atoms with Crippen LogP contribution in [0.1, 0.15) is 95.9 Å². The zero-order chi connectivity index (χ0) is 43.5. The molecule has 0 atom stereocenters. The molecule has 5 aliphatic carbocycles. The highest BCUT2D eigenvalue weighted by atomic mass is 15.2. The average molecular weight is 833 g/mol. The third-order valence-electron chi connectivity index (χ3n) is 16.1. The van der Waals surface area contributed by atoms with E-state index in [2.05, 4.69) is 221 Å². The predicted octanol–water partition coefficient (Wildman–Crippen LogP) is 17.3. The number of anilines is 6. The van der Waals surface area contributed by atoms with E-state index < -0.39 is 0 Å². The summed E-state index contributed by atoms with van der Waals surface area (Å²) in [6, 6.07) is 65.2. The highest BCUT2D eigenvalue weighted by molar-refractivity contribution is 6.17. The van der Waals surface area contributed by atoms with Crippen LogP contribution in [-0.2, 0) is 16.2 Å². The Bertz CT molecular complexity index is 2840. The van der Waals surface area contributed by atoms with Crippen LogP contribution in [0.15, 0.2) is 170 Å². The predicted molar refractivity (Wildman–Crippen MR) is 271 cm³/mol. The Labute approximate surface area is 380 Å². The largest absolute Gasteiger partial charge is 0.310 e. The zero-order valence-corrected chi connectivity index (χ0v) is 38.4. The van der Waals surface area contributed by atoms with Gasteiger partial charge >= 0.3 is 0 Å². The lowest BCUT2D eigenvalue weighted by molar-refractivity contribution is -0.0398. The van der Waals surface area contributed by atoms with Gasteiger partial charge in [0.2, 0.25) is 0 Å². The van der Waals surface area contributed by atoms with E-state index >= 15 is 0 Å². The molecule has 0 aromatic heterocycles. The van der Waals surface area contributed by atoms with Crippen molar-refractivity contribution in [2.24, 2.45) is 23.7 Å². The number of para-hydroxylation sites is 2. The molecule has 4 fully saturated rings. The van der Waals surface area contributed by atoms with Crippen molar-refractivity contribution in [1.29, 1.82) is 0 Å². The molecule has 0 heterocycles. The van der Waals surface area contributed by atoms with Gasteiger partial charge < -0.3 is 9.80 Å². The maximum absolute atomic E-state index is 2.71. The number of fused-ring (bicyclic) bond motifs is 7. The molecule has 0 radical (unpaired) electrons. The SMILES string of the molecule is CC(C)(C)c1ccc(N(c2ccccc2)c2cc3c(c4ccccc24)-c2c(cc(N(c4ccccc4)c4ccc(C(C)(C)C)cc4)c4ccccc24)C32C3CC4CC(C3)CC2C4)cc1. The highest BCUT2D eigenvalue weighted by Gasteiger charge is 2.62. The van der Waals surface area contributed by atoms with Crippen molar-refractivity contribution in [1.82, 2.24) is 0 Å². The van der Waals surface area contributed by atoms with E-state index in [4.69, 9.17) is 0 Å². The van der Waals surface area contributed by atoms with Crippen molar-refractivity contribution in [3.05, 3.63) is 192 Å². The molecule has 0 amide bonds. The first-order valence-electron chi connectivity index (χ1n) is 24.0. The minimum Gasteiger partial charge on any atom is -0.310 e. The Kier molecular flexibility index (Phi) is 8.91. The first-order chi connectivity index (χ1) is 31.0. The Hall–Kier alpha value is -6.12. The van der Waals surface area contributed by atoms with Crippen molar-refractivity contribution in [2.75, 3.05) is 9.80 Å². The standard InChI is InChI=1S/C62H60N2/c1-60(2,3)42-25-29-48(30-26-42)63(46-17-9-7-10-18-46)56-38-54-58(52-23-15-13-21-50(52)56)59-53-24-16-14-22-51(53)57(39-55(59)62(54)44-34-40-33-41(36-44)37-45(62)35-40)64(47-19-11-8-12-20-47)49-31-27-43(28-32-49)61(4,5)6/h7-32,38-41,44-45H,33-37H2,1-6H3. The molecule has 5 aliphatic rings. The Balaban J connectivity index is 1.17. The van der Waals surface area contributed by atoms with Crippen LogP contribution in [0.5, 0.6) is 0 Å². The van der Waals surface area contributed by atoms with Gasteiger partial charge in [0.25, 0.3) is 0 Å². The molecule has 2 nitrogen and oxygen atoms in total. The normalized spacial score (nSPS) is 20.5. The fourth-order valence-corrected chi connectivity index (χ4v) is 13.5. The van der Waals surface area contributed by atoms with Crippen molar-refractivity contribution < 1.29 is 0 Å². The summed E-state index contributed by atoms with van der Waals surface area (Å²) >= 11 is 0. The van der Waals surface area contributed by atoms with Crippen LogP contribution in [0.3, 0.4) is 0 Å². The fraction of sp³-hybridized carbons (Fsp3) is 0.290. The van der Waals surface area contributed by atoms with Gasteiger partial charge in [-0.05, 0) is 171 Å². The third kappa shape index (κ3) is 5.97. The lowest BCUT2D eigenvalue weighted by Gasteiger charge is -2.61. The highest BCUT2D eigenvalue weighted by Crippen LogP contribution is 2.71. The minimum atomic E-state index is -0.0907. The van der Waals surface area contributed by atoms with Gasteiger partial charge in [0.05, 0.1) is 11.4 Å². The summed E-state index contributed by atoms with van der Waals surface area (Å²) < 4.78 is 0. The van der Waals surface area contributed by atoms with Crippen molar-refractivity contribution in [3.63, 3.8) is 0 Å². The van der Waals surface area contributed by atoms with E-state index in [0.717, 1.165) is 11.8 Å². The minimum absolute atomic E-state index is 0.0710. The molecule has 1 spiro atoms. The summed E-state index contributed by atoms with van der Waals surface area (Å²) in [5.41, 5.74) is 16.2. The van der Waals surface area contributed by atoms with E-state index in [0.29, 0.717) is 11.8 Å². The molecule has 0 unspecified atom stereocenters. The lowest BCUT2D eigenvalue weighted by atomic mass is 9.43. The first-order valence-corrected chi connectivity index (χ1v) is 24.0. The number of hydrogen-bond donors (Lipinski definition) is 0. The van der Waals surface area contributed by atoms with Gasteiger partial charge in [-0.25, -0.2) is 0 Å². The summed E-state index contributed by atoms with van der Waals surface area (Å²) in [6.45, 7) is 13.9. The van der Waals surface area contributed by atoms with E-state index in [-0.39, 0.29) is 16.2 Å². The quantitative estimate of drug-likeness (QED) is 0.165. The van der Waals surface area contributed by atoms with Crippen LogP contribution < -0.4 is 9.80 Å². The van der Waals surface area contributed by atoms with Gasteiger partial charge in [0, 0.05) is 38.9 Å². The Morgan fingerprint density at radius 1 is 0.375 bits per heavy atom. The molecule has 0 N–H and O–H groups in total. The number of rotatable bonds is 6. The van der Waals surface area contributed by atoms with E-state index in [9.17, 15) is 0 Å². The van der Waals surface area contributed by atoms with Gasteiger partial charge in [-0.2, -0.15) is 0 Å². The summed E-state index contributed by atoms with van der Waals surface area (Å²) in [4.78, 5) is 5.12. The first kappa shape index (κ1) is 39.5. The second kappa shape index (κ2) is 14.4. The second-order valence-electron chi connectivity index (χ2n) is 21.8. The topological polar surface area (TPSA) is 6.48 Å². The number of hydrogen-bond acceptors (Lipinski definition) is 2. The fourth-order valence-electron chi connectivity index (χ4n) is 13.5. The van der Waals surface area contributed by atoms with Crippen LogP contribution in [0.25, 0.3) is 32.7 Å². The smallest absolute Gasteiger partial charge is 0.0543 e. The molecule has 0 aliphatic heterocycles. The molecule has 4 saturated carbocycles. The van der Waals surface area contributed by atoms with Gasteiger partial charge in [-0.15, -0.1) is 0 Å². The van der Waals surface area contributed by atoms with Crippen LogP contribution in [0.4, 0.5) is 34.1 Å². The van der Waals surface area contributed by atoms with Crippen LogP contribution in [0.2, 0.25) is 0 Å². The van der Waals surface area contributed by atoms with E-state index in [1.54, 1.807) is 11.1 Å². The molecule has 8 aromatic rings. The van der Waals surface area contributed by atoms with Gasteiger partial charge in [-0.1, -0.05) is 151 Å². The maximum Gasteiger partial charge on any atom is 0.0543 e. The summed E-state index contributed by atoms with van der Waals surface area (Å²) in [6.07, 6.45) is 6.72. The van der Waals surface area contributed by atoms with Crippen molar-refractivity contribution >= 4 is 55.7 Å². The molecule has 64 heavy (non-hydrogen) atoms. The van der Waals surface area contributed by atoms with Crippen molar-refractivity contribution in [2.45, 2.75) is 89.9 Å². The van der Waals surface area contributed by atoms with E-state index in [1.807, 2.05) is 0 Å². The molecule has 318 valence electrons. The molecule has 8 aromatic carbocycles.